The number of fused-ring (bicyclic) bond motifs is 1. The fourth-order valence-corrected chi connectivity index (χ4v) is 3.97. The van der Waals surface area contributed by atoms with Crippen LogP contribution in [0.5, 0.6) is 0 Å². The normalized spacial score (nSPS) is 15.9. The number of thiophene rings is 1. The van der Waals surface area contributed by atoms with E-state index < -0.39 is 17.2 Å². The van der Waals surface area contributed by atoms with Crippen LogP contribution in [0.3, 0.4) is 0 Å². The first kappa shape index (κ1) is 13.5. The summed E-state index contributed by atoms with van der Waals surface area (Å²) in [5.41, 5.74) is 1.09. The molecular formula is C18H13FO2S. The number of aliphatic carboxylic acids is 1. The van der Waals surface area contributed by atoms with Gasteiger partial charge >= 0.3 is 5.97 Å². The van der Waals surface area contributed by atoms with E-state index in [1.807, 2.05) is 35.7 Å². The van der Waals surface area contributed by atoms with Crippen molar-refractivity contribution in [2.24, 2.45) is 0 Å². The number of hydrogen-bond donors (Lipinski definition) is 1. The first-order valence-corrected chi connectivity index (χ1v) is 8.00. The molecule has 0 saturated heterocycles. The van der Waals surface area contributed by atoms with E-state index in [9.17, 15) is 14.3 Å². The molecule has 1 saturated carbocycles. The lowest BCUT2D eigenvalue weighted by Gasteiger charge is -2.12. The number of carbonyl (C=O) groups is 1. The zero-order valence-electron chi connectivity index (χ0n) is 11.7. The highest BCUT2D eigenvalue weighted by atomic mass is 32.1. The van der Waals surface area contributed by atoms with Crippen LogP contribution in [0.2, 0.25) is 0 Å². The van der Waals surface area contributed by atoms with Crippen LogP contribution in [0.4, 0.5) is 4.39 Å². The molecule has 1 aromatic heterocycles. The molecule has 0 unspecified atom stereocenters. The SMILES string of the molecule is O=C(O)C1(c2ccc(-c3csc4ccccc34)cc2F)CC1. The molecule has 4 heteroatoms. The molecular weight excluding hydrogens is 299 g/mol. The Bertz CT molecular complexity index is 893. The molecule has 0 bridgehead atoms. The zero-order chi connectivity index (χ0) is 15.3. The maximum absolute atomic E-state index is 14.5. The molecule has 2 nitrogen and oxygen atoms in total. The molecule has 0 aliphatic heterocycles. The molecule has 0 amide bonds. The first-order valence-electron chi connectivity index (χ1n) is 7.12. The Morgan fingerprint density at radius 2 is 1.95 bits per heavy atom. The largest absolute Gasteiger partial charge is 0.481 e. The lowest BCUT2D eigenvalue weighted by Crippen LogP contribution is -2.20. The quantitative estimate of drug-likeness (QED) is 0.752. The minimum atomic E-state index is -1.00. The van der Waals surface area contributed by atoms with Gasteiger partial charge in [-0.3, -0.25) is 4.79 Å². The van der Waals surface area contributed by atoms with E-state index in [1.54, 1.807) is 17.4 Å². The second kappa shape index (κ2) is 4.65. The smallest absolute Gasteiger partial charge is 0.314 e. The highest BCUT2D eigenvalue weighted by Crippen LogP contribution is 2.49. The average Bonchev–Trinajstić information content (AvgIpc) is 3.21. The van der Waals surface area contributed by atoms with Gasteiger partial charge in [0.1, 0.15) is 5.82 Å². The van der Waals surface area contributed by atoms with Gasteiger partial charge in [-0.15, -0.1) is 11.3 Å². The minimum Gasteiger partial charge on any atom is -0.481 e. The summed E-state index contributed by atoms with van der Waals surface area (Å²) < 4.78 is 15.6. The molecule has 4 rings (SSSR count). The van der Waals surface area contributed by atoms with Crippen LogP contribution in [0.1, 0.15) is 18.4 Å². The number of carboxylic acids is 1. The van der Waals surface area contributed by atoms with Crippen LogP contribution < -0.4 is 0 Å². The van der Waals surface area contributed by atoms with Gasteiger partial charge in [0, 0.05) is 21.2 Å². The molecule has 110 valence electrons. The van der Waals surface area contributed by atoms with Crippen molar-refractivity contribution < 1.29 is 14.3 Å². The van der Waals surface area contributed by atoms with E-state index in [4.69, 9.17) is 0 Å². The Hall–Kier alpha value is -2.20. The average molecular weight is 312 g/mol. The molecule has 2 aromatic carbocycles. The van der Waals surface area contributed by atoms with Gasteiger partial charge in [0.2, 0.25) is 0 Å². The van der Waals surface area contributed by atoms with Crippen LogP contribution >= 0.6 is 11.3 Å². The van der Waals surface area contributed by atoms with Gasteiger partial charge in [-0.2, -0.15) is 0 Å². The summed E-state index contributed by atoms with van der Waals surface area (Å²) in [6.45, 7) is 0. The predicted molar refractivity (Wildman–Crippen MR) is 85.8 cm³/mol. The highest BCUT2D eigenvalue weighted by molar-refractivity contribution is 7.17. The van der Waals surface area contributed by atoms with Gasteiger partial charge in [-0.1, -0.05) is 30.3 Å². The van der Waals surface area contributed by atoms with Gasteiger partial charge < -0.3 is 5.11 Å². The predicted octanol–water partition coefficient (Wildman–Crippen LogP) is 4.82. The molecule has 1 heterocycles. The van der Waals surface area contributed by atoms with Gasteiger partial charge in [0.25, 0.3) is 0 Å². The summed E-state index contributed by atoms with van der Waals surface area (Å²) in [4.78, 5) is 11.4. The Morgan fingerprint density at radius 1 is 1.18 bits per heavy atom. The van der Waals surface area contributed by atoms with Crippen LogP contribution in [0.25, 0.3) is 21.2 Å². The van der Waals surface area contributed by atoms with Crippen molar-refractivity contribution in [3.63, 3.8) is 0 Å². The van der Waals surface area contributed by atoms with Gasteiger partial charge in [0.15, 0.2) is 0 Å². The number of rotatable bonds is 3. The Labute approximate surface area is 130 Å². The van der Waals surface area contributed by atoms with E-state index >= 15 is 0 Å². The number of hydrogen-bond acceptors (Lipinski definition) is 2. The Kier molecular flexibility index (Phi) is 2.84. The molecule has 1 aliphatic rings. The second-order valence-electron chi connectivity index (χ2n) is 5.73. The summed E-state index contributed by atoms with van der Waals surface area (Å²) >= 11 is 1.63. The fourth-order valence-electron chi connectivity index (χ4n) is 3.00. The Balaban J connectivity index is 1.82. The third kappa shape index (κ3) is 1.87. The third-order valence-electron chi connectivity index (χ3n) is 4.44. The minimum absolute atomic E-state index is 0.309. The summed E-state index contributed by atoms with van der Waals surface area (Å²) in [6.07, 6.45) is 1.03. The van der Waals surface area contributed by atoms with Crippen molar-refractivity contribution in [2.45, 2.75) is 18.3 Å². The van der Waals surface area contributed by atoms with Gasteiger partial charge in [-0.05, 0) is 35.9 Å². The van der Waals surface area contributed by atoms with Crippen molar-refractivity contribution >= 4 is 27.4 Å². The van der Waals surface area contributed by atoms with E-state index in [0.29, 0.717) is 18.4 Å². The molecule has 0 radical (unpaired) electrons. The summed E-state index contributed by atoms with van der Waals surface area (Å²) in [5, 5.41) is 12.4. The van der Waals surface area contributed by atoms with Crippen molar-refractivity contribution in [2.75, 3.05) is 0 Å². The number of carboxylic acid groups (broad SMARTS) is 1. The van der Waals surface area contributed by atoms with Crippen LogP contribution in [-0.4, -0.2) is 11.1 Å². The molecule has 0 atom stereocenters. The maximum Gasteiger partial charge on any atom is 0.314 e. The molecule has 1 aliphatic carbocycles. The van der Waals surface area contributed by atoms with E-state index in [1.165, 1.54) is 6.07 Å². The van der Waals surface area contributed by atoms with Crippen LogP contribution in [0.15, 0.2) is 47.8 Å². The monoisotopic (exact) mass is 312 g/mol. The zero-order valence-corrected chi connectivity index (χ0v) is 12.5. The molecule has 22 heavy (non-hydrogen) atoms. The van der Waals surface area contributed by atoms with Crippen molar-refractivity contribution in [1.82, 2.24) is 0 Å². The summed E-state index contributed by atoms with van der Waals surface area (Å²) in [5.74, 6) is -1.35. The maximum atomic E-state index is 14.5. The van der Waals surface area contributed by atoms with E-state index in [0.717, 1.165) is 21.2 Å². The molecule has 1 N–H and O–H groups in total. The van der Waals surface area contributed by atoms with Crippen molar-refractivity contribution in [3.8, 4) is 11.1 Å². The highest BCUT2D eigenvalue weighted by Gasteiger charge is 2.53. The van der Waals surface area contributed by atoms with Crippen LogP contribution in [0, 0.1) is 5.82 Å². The van der Waals surface area contributed by atoms with E-state index in [-0.39, 0.29) is 0 Å². The lowest BCUT2D eigenvalue weighted by atomic mass is 9.93. The topological polar surface area (TPSA) is 37.3 Å². The number of benzene rings is 2. The Morgan fingerprint density at radius 3 is 2.64 bits per heavy atom. The summed E-state index contributed by atoms with van der Waals surface area (Å²) in [6, 6.07) is 12.9. The molecule has 0 spiro atoms. The lowest BCUT2D eigenvalue weighted by molar-refractivity contribution is -0.140. The van der Waals surface area contributed by atoms with Gasteiger partial charge in [-0.25, -0.2) is 4.39 Å². The molecule has 1 fully saturated rings. The standard InChI is InChI=1S/C18H13FO2S/c19-15-9-11(5-6-14(15)18(7-8-18)17(20)21)13-10-22-16-4-2-1-3-12(13)16/h1-6,9-10H,7-8H2,(H,20,21). The molecule has 3 aromatic rings. The van der Waals surface area contributed by atoms with Gasteiger partial charge in [0.05, 0.1) is 5.41 Å². The number of halogens is 1. The van der Waals surface area contributed by atoms with Crippen LogP contribution in [-0.2, 0) is 10.2 Å². The van der Waals surface area contributed by atoms with E-state index in [2.05, 4.69) is 0 Å². The third-order valence-corrected chi connectivity index (χ3v) is 5.40. The fraction of sp³-hybridized carbons (Fsp3) is 0.167. The van der Waals surface area contributed by atoms with Crippen molar-refractivity contribution in [3.05, 3.63) is 59.2 Å². The first-order chi connectivity index (χ1) is 10.6. The summed E-state index contributed by atoms with van der Waals surface area (Å²) in [7, 11) is 0. The second-order valence-corrected chi connectivity index (χ2v) is 6.64. The van der Waals surface area contributed by atoms with Crippen molar-refractivity contribution in [1.29, 1.82) is 0 Å².